The molecule has 0 bridgehead atoms. The molecule has 1 saturated carbocycles. The van der Waals surface area contributed by atoms with Crippen LogP contribution in [-0.2, 0) is 10.2 Å². The molecule has 0 amide bonds. The predicted molar refractivity (Wildman–Crippen MR) is 71.1 cm³/mol. The van der Waals surface area contributed by atoms with Gasteiger partial charge in [0.25, 0.3) is 0 Å². The van der Waals surface area contributed by atoms with Gasteiger partial charge in [0.1, 0.15) is 0 Å². The molecule has 2 unspecified atom stereocenters. The minimum absolute atomic E-state index is 0.0652. The molecule has 90 valence electrons. The largest absolute Gasteiger partial charge is 0.281 e. The maximum Gasteiger partial charge on any atom is 0.225 e. The van der Waals surface area contributed by atoms with E-state index in [1.165, 1.54) is 5.56 Å². The number of carbonyl (C=O) groups is 1. The Labute approximate surface area is 107 Å². The van der Waals surface area contributed by atoms with Crippen molar-refractivity contribution < 1.29 is 4.79 Å². The molecule has 0 aliphatic heterocycles. The third kappa shape index (κ3) is 2.16. The van der Waals surface area contributed by atoms with Crippen LogP contribution in [0.25, 0.3) is 0 Å². The van der Waals surface area contributed by atoms with Crippen LogP contribution in [0.1, 0.15) is 31.2 Å². The van der Waals surface area contributed by atoms with E-state index >= 15 is 0 Å². The highest BCUT2D eigenvalue weighted by atomic mass is 35.5. The monoisotopic (exact) mass is 248 g/mol. The first-order chi connectivity index (χ1) is 8.20. The molecular weight excluding hydrogens is 232 g/mol. The van der Waals surface area contributed by atoms with Gasteiger partial charge in [-0.1, -0.05) is 42.8 Å². The molecule has 0 heterocycles. The molecule has 1 aromatic rings. The fourth-order valence-corrected chi connectivity index (χ4v) is 3.46. The first kappa shape index (κ1) is 12.4. The number of hydrogen-bond acceptors (Lipinski definition) is 1. The molecule has 1 aliphatic carbocycles. The SMILES string of the molecule is C=CCC1(c2ccccc2)CCCC1C(=O)Cl. The topological polar surface area (TPSA) is 17.1 Å². The van der Waals surface area contributed by atoms with E-state index in [0.717, 1.165) is 25.7 Å². The summed E-state index contributed by atoms with van der Waals surface area (Å²) in [6.45, 7) is 3.83. The standard InChI is InChI=1S/C15H17ClO/c1-2-10-15(12-7-4-3-5-8-12)11-6-9-13(15)14(16)17/h2-5,7-8,13H,1,6,9-11H2. The van der Waals surface area contributed by atoms with Gasteiger partial charge in [-0.25, -0.2) is 0 Å². The van der Waals surface area contributed by atoms with Crippen molar-refractivity contribution in [2.75, 3.05) is 0 Å². The van der Waals surface area contributed by atoms with Gasteiger partial charge in [0.2, 0.25) is 5.24 Å². The van der Waals surface area contributed by atoms with Crippen molar-refractivity contribution in [1.29, 1.82) is 0 Å². The molecule has 0 radical (unpaired) electrons. The molecule has 0 spiro atoms. The zero-order valence-electron chi connectivity index (χ0n) is 9.86. The first-order valence-electron chi connectivity index (χ1n) is 6.06. The Morgan fingerprint density at radius 1 is 1.47 bits per heavy atom. The average molecular weight is 249 g/mol. The predicted octanol–water partition coefficient (Wildman–Crippen LogP) is 4.07. The highest BCUT2D eigenvalue weighted by Gasteiger charge is 2.46. The Balaban J connectivity index is 2.45. The van der Waals surface area contributed by atoms with E-state index < -0.39 is 0 Å². The number of benzene rings is 1. The van der Waals surface area contributed by atoms with E-state index in [1.54, 1.807) is 0 Å². The molecule has 1 aliphatic rings. The van der Waals surface area contributed by atoms with Crippen molar-refractivity contribution in [1.82, 2.24) is 0 Å². The summed E-state index contributed by atoms with van der Waals surface area (Å²) in [7, 11) is 0. The summed E-state index contributed by atoms with van der Waals surface area (Å²) in [5.41, 5.74) is 1.10. The van der Waals surface area contributed by atoms with E-state index in [0.29, 0.717) is 0 Å². The summed E-state index contributed by atoms with van der Waals surface area (Å²) >= 11 is 5.78. The van der Waals surface area contributed by atoms with Crippen LogP contribution < -0.4 is 0 Å². The summed E-state index contributed by atoms with van der Waals surface area (Å²) in [6.07, 6.45) is 5.70. The second-order valence-corrected chi connectivity index (χ2v) is 5.14. The van der Waals surface area contributed by atoms with Gasteiger partial charge in [0.15, 0.2) is 0 Å². The van der Waals surface area contributed by atoms with Crippen LogP contribution in [0.5, 0.6) is 0 Å². The lowest BCUT2D eigenvalue weighted by Crippen LogP contribution is -2.33. The Morgan fingerprint density at radius 3 is 2.76 bits per heavy atom. The number of halogens is 1. The summed E-state index contributed by atoms with van der Waals surface area (Å²) in [6, 6.07) is 10.2. The van der Waals surface area contributed by atoms with E-state index in [9.17, 15) is 4.79 Å². The van der Waals surface area contributed by atoms with Crippen molar-refractivity contribution in [3.05, 3.63) is 48.6 Å². The smallest absolute Gasteiger partial charge is 0.225 e. The summed E-state index contributed by atoms with van der Waals surface area (Å²) in [5.74, 6) is -0.0652. The molecule has 17 heavy (non-hydrogen) atoms. The number of hydrogen-bond donors (Lipinski definition) is 0. The zero-order valence-corrected chi connectivity index (χ0v) is 10.6. The third-order valence-electron chi connectivity index (χ3n) is 3.91. The maximum atomic E-state index is 11.6. The molecule has 2 rings (SSSR count). The van der Waals surface area contributed by atoms with Crippen molar-refractivity contribution in [3.8, 4) is 0 Å². The van der Waals surface area contributed by atoms with Crippen LogP contribution in [0.3, 0.4) is 0 Å². The summed E-state index contributed by atoms with van der Waals surface area (Å²) < 4.78 is 0. The van der Waals surface area contributed by atoms with Crippen molar-refractivity contribution in [2.45, 2.75) is 31.1 Å². The van der Waals surface area contributed by atoms with Gasteiger partial charge in [-0.2, -0.15) is 0 Å². The van der Waals surface area contributed by atoms with Gasteiger partial charge >= 0.3 is 0 Å². The lowest BCUT2D eigenvalue weighted by atomic mass is 9.70. The fraction of sp³-hybridized carbons (Fsp3) is 0.400. The van der Waals surface area contributed by atoms with Gasteiger partial charge in [-0.3, -0.25) is 4.79 Å². The van der Waals surface area contributed by atoms with E-state index in [-0.39, 0.29) is 16.6 Å². The van der Waals surface area contributed by atoms with Crippen molar-refractivity contribution in [2.24, 2.45) is 5.92 Å². The lowest BCUT2D eigenvalue weighted by molar-refractivity contribution is -0.116. The van der Waals surface area contributed by atoms with Crippen LogP contribution in [0.15, 0.2) is 43.0 Å². The molecule has 1 nitrogen and oxygen atoms in total. The van der Waals surface area contributed by atoms with Crippen LogP contribution in [0, 0.1) is 5.92 Å². The van der Waals surface area contributed by atoms with Gasteiger partial charge in [0, 0.05) is 11.3 Å². The van der Waals surface area contributed by atoms with Crippen LogP contribution in [-0.4, -0.2) is 5.24 Å². The highest BCUT2D eigenvalue weighted by molar-refractivity contribution is 6.64. The van der Waals surface area contributed by atoms with E-state index in [1.807, 2.05) is 24.3 Å². The van der Waals surface area contributed by atoms with Crippen molar-refractivity contribution in [3.63, 3.8) is 0 Å². The molecule has 1 fully saturated rings. The first-order valence-corrected chi connectivity index (χ1v) is 6.44. The maximum absolute atomic E-state index is 11.6. The number of carbonyl (C=O) groups excluding carboxylic acids is 1. The second-order valence-electron chi connectivity index (χ2n) is 4.76. The molecule has 2 heteroatoms. The van der Waals surface area contributed by atoms with Gasteiger partial charge in [-0.15, -0.1) is 6.58 Å². The van der Waals surface area contributed by atoms with Gasteiger partial charge < -0.3 is 0 Å². The Morgan fingerprint density at radius 2 is 2.18 bits per heavy atom. The minimum Gasteiger partial charge on any atom is -0.281 e. The van der Waals surface area contributed by atoms with E-state index in [2.05, 4.69) is 18.7 Å². The minimum atomic E-state index is -0.201. The Bertz CT molecular complexity index is 412. The normalized spacial score (nSPS) is 27.9. The van der Waals surface area contributed by atoms with Gasteiger partial charge in [0.05, 0.1) is 0 Å². The third-order valence-corrected chi connectivity index (χ3v) is 4.18. The fourth-order valence-electron chi connectivity index (χ4n) is 3.14. The molecule has 0 N–H and O–H groups in total. The Kier molecular flexibility index (Phi) is 3.68. The summed E-state index contributed by atoms with van der Waals surface area (Å²) in [5, 5.41) is -0.201. The quantitative estimate of drug-likeness (QED) is 0.580. The highest BCUT2D eigenvalue weighted by Crippen LogP contribution is 2.49. The zero-order chi connectivity index (χ0) is 12.3. The summed E-state index contributed by atoms with van der Waals surface area (Å²) in [4.78, 5) is 11.6. The molecular formula is C15H17ClO. The van der Waals surface area contributed by atoms with E-state index in [4.69, 9.17) is 11.6 Å². The van der Waals surface area contributed by atoms with Crippen LogP contribution in [0.4, 0.5) is 0 Å². The molecule has 0 aromatic heterocycles. The average Bonchev–Trinajstić information content (AvgIpc) is 2.76. The van der Waals surface area contributed by atoms with Crippen LogP contribution >= 0.6 is 11.6 Å². The molecule has 1 aromatic carbocycles. The van der Waals surface area contributed by atoms with Crippen LogP contribution in [0.2, 0.25) is 0 Å². The molecule has 0 saturated heterocycles. The number of allylic oxidation sites excluding steroid dienone is 1. The van der Waals surface area contributed by atoms with Gasteiger partial charge in [-0.05, 0) is 36.4 Å². The lowest BCUT2D eigenvalue weighted by Gasteiger charge is -2.33. The second kappa shape index (κ2) is 5.05. The molecule has 2 atom stereocenters. The number of rotatable bonds is 4. The Hall–Kier alpha value is -1.08. The van der Waals surface area contributed by atoms with Crippen molar-refractivity contribution >= 4 is 16.8 Å².